The van der Waals surface area contributed by atoms with E-state index in [-0.39, 0.29) is 15.7 Å². The number of nitrogens with two attached hydrogens (primary N) is 5. The Morgan fingerprint density at radius 3 is 1.13 bits per heavy atom. The molecule has 1 aliphatic rings. The highest BCUT2D eigenvalue weighted by atomic mass is 32.2. The topological polar surface area (TPSA) is 413 Å². The van der Waals surface area contributed by atoms with Gasteiger partial charge >= 0.3 is 0 Å². The molecule has 22 rings (SSSR count). The van der Waals surface area contributed by atoms with Crippen LogP contribution in [-0.2, 0) is 69.5 Å². The van der Waals surface area contributed by atoms with Gasteiger partial charge in [-0.3, -0.25) is 35.2 Å². The predicted octanol–water partition coefficient (Wildman–Crippen LogP) is 27.0. The van der Waals surface area contributed by atoms with Crippen LogP contribution in [0.25, 0.3) is 160 Å². The Morgan fingerprint density at radius 2 is 0.718 bits per heavy atom. The summed E-state index contributed by atoms with van der Waals surface area (Å²) >= 11 is 14.8. The summed E-state index contributed by atoms with van der Waals surface area (Å²) in [5.74, 6) is 3.63. The molecule has 18 aromatic heterocycles. The zero-order chi connectivity index (χ0) is 105. The molecule has 21 aromatic rings. The average molecular weight is 2280 g/mol. The quantitative estimate of drug-likeness (QED) is 0.0319. The largest absolute Gasteiger partial charge is 0.396 e. The number of pyridine rings is 7. The summed E-state index contributed by atoms with van der Waals surface area (Å²) in [5, 5.41) is 16.6. The highest BCUT2D eigenvalue weighted by Gasteiger charge is 2.30. The third kappa shape index (κ3) is 24.9. The van der Waals surface area contributed by atoms with Crippen LogP contribution in [0.3, 0.4) is 0 Å². The zero-order valence-corrected chi connectivity index (χ0v) is 96.2. The van der Waals surface area contributed by atoms with E-state index in [2.05, 4.69) is 84.0 Å². The molecule has 768 valence electrons. The predicted molar refractivity (Wildman–Crippen MR) is 636 cm³/mol. The number of unbranched alkanes of at least 4 members (excludes halogenated alkanes) is 2. The third-order valence-corrected chi connectivity index (χ3v) is 44.7. The number of nitrogen functional groups attached to an aromatic ring is 5. The third-order valence-electron chi connectivity index (χ3n) is 23.4. The molecule has 10 N–H and O–H groups in total. The first-order valence-corrected chi connectivity index (χ1v) is 63.8. The Hall–Kier alpha value is -11.3. The van der Waals surface area contributed by atoms with Gasteiger partial charge in [0, 0.05) is 172 Å². The second kappa shape index (κ2) is 50.3. The lowest BCUT2D eigenvalue weighted by atomic mass is 10.0. The molecule has 0 saturated carbocycles. The maximum Gasteiger partial charge on any atom is 0.161 e. The van der Waals surface area contributed by atoms with Gasteiger partial charge in [-0.25, -0.2) is 54.8 Å². The number of benzene rings is 3. The minimum Gasteiger partial charge on any atom is -0.396 e. The lowest BCUT2D eigenvalue weighted by Gasteiger charge is -2.28. The van der Waals surface area contributed by atoms with Gasteiger partial charge in [0.25, 0.3) is 0 Å². The van der Waals surface area contributed by atoms with Crippen molar-refractivity contribution < 1.29 is 30.0 Å². The lowest BCUT2D eigenvalue weighted by Crippen LogP contribution is -2.36. The number of hydrogen-bond acceptors (Lipinski definition) is 36. The number of aromatic nitrogens is 13. The van der Waals surface area contributed by atoms with E-state index in [1.54, 1.807) is 77.4 Å². The van der Waals surface area contributed by atoms with Crippen molar-refractivity contribution in [3.63, 3.8) is 0 Å². The molecule has 1 saturated heterocycles. The number of ether oxygens (including phenoxy) is 1. The number of rotatable bonds is 27. The van der Waals surface area contributed by atoms with Gasteiger partial charge in [-0.2, -0.15) is 0 Å². The molecule has 0 bridgehead atoms. The van der Waals surface area contributed by atoms with Crippen molar-refractivity contribution in [2.45, 2.75) is 149 Å². The molecular weight excluding hydrogens is 2180 g/mol. The molecule has 19 heterocycles. The number of hydrogen-bond donors (Lipinski definition) is 5. The smallest absolute Gasteiger partial charge is 0.161 e. The van der Waals surface area contributed by atoms with Crippen LogP contribution >= 0.6 is 113 Å². The van der Waals surface area contributed by atoms with Gasteiger partial charge in [0.1, 0.15) is 98.7 Å². The number of fused-ring (bicyclic) bond motifs is 6. The summed E-state index contributed by atoms with van der Waals surface area (Å²) in [6, 6.07) is 50.1. The van der Waals surface area contributed by atoms with Crippen molar-refractivity contribution in [2.24, 2.45) is 0 Å². The molecule has 6 atom stereocenters. The standard InChI is InChI=1S/C22H20N2OS2.C19H18N4OS3.C19H17N3OS3.C18H16N4OS3.C15H21N3O2S2.C14H15N3OS3/c1-2-3-14-27(25)19-15-18-20(16-10-6-4-7-11-16)23-21(24-22(18)26-19)17-12-8-5-9-13-17;1-2-3-9-27(24)19-16(20)15-13(12-5-4-6-21-11-12)10-14(23-18(15)26-19)17-22-7-8-25-17;1-11(2)26(23)19-16(20)15-13(12-6-4-3-5-7-12)10-14(22-18(15)25-19)17-21-8-9-24-17;1-10(2)26(23)18-15(19)14-12(11-4-3-5-20-9-11)8-13(22-17(14)25-18)16-21-6-7-24-16;1-3-8-22(19)15-13(16)12-10(2)9-11(17-14(12)21-15)18-4-6-20-7-5-18;1-7(2)21(18)14-11(15)10-8(3)6-9(17-13(10)20-14)12-16-4-5-19-12/h4-13,15H,2-3,14H2,1H3;4-8,10-11H,2-3,9,20H2,1H3;3-11H,20H2,1-2H3;3-10H,19H2,1-2H3;9H,3-8,16H2,1-2H3;4-7H,15H2,1-3H3. The summed E-state index contributed by atoms with van der Waals surface area (Å²) < 4.78 is 85.3. The van der Waals surface area contributed by atoms with Crippen molar-refractivity contribution in [3.05, 3.63) is 234 Å². The fourth-order valence-corrected chi connectivity index (χ4v) is 34.8. The maximum atomic E-state index is 12.7. The second-order valence-electron chi connectivity index (χ2n) is 34.8. The van der Waals surface area contributed by atoms with E-state index in [1.807, 2.05) is 211 Å². The minimum atomic E-state index is -1.16. The van der Waals surface area contributed by atoms with Gasteiger partial charge in [0.05, 0.1) is 116 Å². The fraction of sp³-hybridized carbons (Fsp3) is 0.243. The molecule has 42 heteroatoms. The average Bonchev–Trinajstić information content (AvgIpc) is 1.62. The van der Waals surface area contributed by atoms with E-state index in [0.717, 1.165) is 242 Å². The van der Waals surface area contributed by atoms with Gasteiger partial charge in [0.15, 0.2) is 5.82 Å². The number of nitrogens with zero attached hydrogens (tertiary/aromatic N) is 14. The van der Waals surface area contributed by atoms with Crippen LogP contribution in [0, 0.1) is 13.8 Å². The highest BCUT2D eigenvalue weighted by Crippen LogP contribution is 2.49. The van der Waals surface area contributed by atoms with E-state index >= 15 is 0 Å². The van der Waals surface area contributed by atoms with Crippen LogP contribution in [0.1, 0.15) is 106 Å². The molecule has 0 amide bonds. The number of thiazole rings is 4. The van der Waals surface area contributed by atoms with Gasteiger partial charge in [0.2, 0.25) is 0 Å². The summed E-state index contributed by atoms with van der Waals surface area (Å²) in [6.07, 6.45) is 19.0. The SMILES string of the molecule is CC(C)S(=O)c1sc2nc(-c3nccs3)cc(-c3ccccc3)c2c1N.CC(C)S(=O)c1sc2nc(-c3nccs3)cc(-c3cccnc3)c2c1N.CCCCS(=O)c1cc2c(-c3ccccc3)nc(-c3ccccc3)nc2s1.CCCCS(=O)c1sc2nc(-c3nccs3)cc(-c3cccnc3)c2c1N.CCCS(=O)c1sc2nc(N3CCOCC3)cc(C)c2c1N.Cc1cc(-c2nccs2)nc2sc(S(=O)C(C)C)c(N)c12. The second-order valence-corrected chi connectivity index (χ2v) is 56.4. The number of aryl methyl sites for hydroxylation is 2. The van der Waals surface area contributed by atoms with Gasteiger partial charge < -0.3 is 38.3 Å². The first-order chi connectivity index (χ1) is 72.2. The number of anilines is 6. The van der Waals surface area contributed by atoms with Crippen molar-refractivity contribution >= 4 is 274 Å². The van der Waals surface area contributed by atoms with Crippen molar-refractivity contribution in [3.8, 4) is 98.8 Å². The lowest BCUT2D eigenvalue weighted by molar-refractivity contribution is 0.122. The van der Waals surface area contributed by atoms with Crippen molar-refractivity contribution in [1.29, 1.82) is 0 Å². The minimum absolute atomic E-state index is 0.00368. The van der Waals surface area contributed by atoms with Gasteiger partial charge in [-0.15, -0.1) is 113 Å². The zero-order valence-electron chi connectivity index (χ0n) is 83.1. The first kappa shape index (κ1) is 109. The van der Waals surface area contributed by atoms with Crippen LogP contribution in [0.15, 0.2) is 248 Å². The molecular formula is C107H107N19O7S16. The van der Waals surface area contributed by atoms with E-state index in [4.69, 9.17) is 63.3 Å². The Morgan fingerprint density at radius 1 is 0.356 bits per heavy atom. The summed E-state index contributed by atoms with van der Waals surface area (Å²) in [5.41, 5.74) is 48.9. The molecule has 1 aliphatic heterocycles. The van der Waals surface area contributed by atoms with Crippen LogP contribution in [-0.4, -0.2) is 149 Å². The summed E-state index contributed by atoms with van der Waals surface area (Å²) in [4.78, 5) is 66.5. The Labute approximate surface area is 918 Å². The molecule has 0 radical (unpaired) electrons. The van der Waals surface area contributed by atoms with E-state index in [1.165, 1.54) is 79.4 Å². The van der Waals surface area contributed by atoms with E-state index in [0.29, 0.717) is 64.1 Å². The summed E-state index contributed by atoms with van der Waals surface area (Å²) in [7, 11) is -6.52. The number of thiophene rings is 6. The molecule has 26 nitrogen and oxygen atoms in total. The van der Waals surface area contributed by atoms with Crippen LogP contribution in [0.4, 0.5) is 34.3 Å². The van der Waals surface area contributed by atoms with E-state index < -0.39 is 64.8 Å². The molecule has 149 heavy (non-hydrogen) atoms. The van der Waals surface area contributed by atoms with Crippen LogP contribution < -0.4 is 33.6 Å². The molecule has 0 aliphatic carbocycles. The van der Waals surface area contributed by atoms with Gasteiger partial charge in [-0.1, -0.05) is 178 Å². The molecule has 6 unspecified atom stereocenters. The van der Waals surface area contributed by atoms with E-state index in [9.17, 15) is 25.3 Å². The Bertz CT molecular complexity index is 8200. The normalized spacial score (nSPS) is 13.3. The molecule has 0 spiro atoms. The maximum absolute atomic E-state index is 12.7. The van der Waals surface area contributed by atoms with Crippen LogP contribution in [0.2, 0.25) is 0 Å². The Balaban J connectivity index is 0.000000122. The highest BCUT2D eigenvalue weighted by molar-refractivity contribution is 7.89. The Kier molecular flexibility index (Phi) is 36.8. The fourth-order valence-electron chi connectivity index (χ4n) is 16.0. The number of morpholine rings is 1. The first-order valence-electron chi connectivity index (χ1n) is 47.8. The monoisotopic (exact) mass is 2280 g/mol. The van der Waals surface area contributed by atoms with Crippen LogP contribution in [0.5, 0.6) is 0 Å². The molecule has 1 fully saturated rings. The summed E-state index contributed by atoms with van der Waals surface area (Å²) in [6.45, 7) is 25.1. The van der Waals surface area contributed by atoms with Crippen molar-refractivity contribution in [2.75, 3.05) is 77.1 Å². The van der Waals surface area contributed by atoms with Gasteiger partial charge in [-0.05, 0) is 115 Å². The molecule has 3 aromatic carbocycles. The van der Waals surface area contributed by atoms with Crippen molar-refractivity contribution in [1.82, 2.24) is 64.8 Å².